The molecule has 0 aromatic heterocycles. The van der Waals surface area contributed by atoms with Crippen molar-refractivity contribution >= 4 is 11.9 Å². The quantitative estimate of drug-likeness (QED) is 0.404. The van der Waals surface area contributed by atoms with Crippen LogP contribution in [-0.4, -0.2) is 87.9 Å². The van der Waals surface area contributed by atoms with Crippen molar-refractivity contribution < 1.29 is 53.7 Å². The van der Waals surface area contributed by atoms with E-state index in [0.717, 1.165) is 19.3 Å². The van der Waals surface area contributed by atoms with Gasteiger partial charge in [-0.2, -0.15) is 0 Å². The number of rotatable bonds is 4. The number of carboxylic acid groups (broad SMARTS) is 1. The minimum Gasteiger partial charge on any atom is -0.479 e. The fourth-order valence-electron chi connectivity index (χ4n) is 6.03. The normalized spacial score (nSPS) is 50.9. The summed E-state index contributed by atoms with van der Waals surface area (Å²) in [5.74, 6) is -1.91. The van der Waals surface area contributed by atoms with Gasteiger partial charge in [0, 0.05) is 25.4 Å². The predicted molar refractivity (Wildman–Crippen MR) is 104 cm³/mol. The standard InChI is InChI=1S/C21H32O11/c1-8-4-5-12-9(2)18(31-19-15(25)13(23)14(24)16(30-19)17(26)27)32-20(29-10(3)22)21(12)11(8)6-7-28-21/h8-9,11-16,18-20,23-25H,4-7H2,1-3H3,(H,26,27)/t8-,9-,11+,12+,13+,14+,15-,16+,18?,19+,20?,21?/m1/s1. The molecular formula is C21H32O11. The van der Waals surface area contributed by atoms with E-state index in [4.69, 9.17) is 23.7 Å². The second-order valence-electron chi connectivity index (χ2n) is 9.43. The molecule has 3 aliphatic heterocycles. The van der Waals surface area contributed by atoms with Crippen LogP contribution in [0, 0.1) is 23.7 Å². The van der Waals surface area contributed by atoms with Gasteiger partial charge in [-0.1, -0.05) is 13.8 Å². The molecule has 3 saturated heterocycles. The van der Waals surface area contributed by atoms with Gasteiger partial charge in [-0.05, 0) is 31.1 Å². The van der Waals surface area contributed by atoms with Crippen molar-refractivity contribution in [1.29, 1.82) is 0 Å². The smallest absolute Gasteiger partial charge is 0.335 e. The van der Waals surface area contributed by atoms with E-state index in [0.29, 0.717) is 12.5 Å². The molecule has 3 unspecified atom stereocenters. The molecule has 1 saturated carbocycles. The average molecular weight is 460 g/mol. The Labute approximate surface area is 185 Å². The number of carbonyl (C=O) groups excluding carboxylic acids is 1. The third-order valence-corrected chi connectivity index (χ3v) is 7.60. The lowest BCUT2D eigenvalue weighted by Crippen LogP contribution is -2.67. The first-order valence-electron chi connectivity index (χ1n) is 11.1. The molecule has 182 valence electrons. The van der Waals surface area contributed by atoms with Gasteiger partial charge in [0.2, 0.25) is 6.29 Å². The Bertz CT molecular complexity index is 731. The van der Waals surface area contributed by atoms with E-state index >= 15 is 0 Å². The molecule has 0 amide bonds. The van der Waals surface area contributed by atoms with Gasteiger partial charge in [-0.15, -0.1) is 0 Å². The van der Waals surface area contributed by atoms with E-state index in [2.05, 4.69) is 6.92 Å². The van der Waals surface area contributed by atoms with Crippen LogP contribution in [0.3, 0.4) is 0 Å². The fraction of sp³-hybridized carbons (Fsp3) is 0.905. The summed E-state index contributed by atoms with van der Waals surface area (Å²) in [6.45, 7) is 5.85. The molecule has 4 N–H and O–H groups in total. The van der Waals surface area contributed by atoms with Crippen LogP contribution in [0.4, 0.5) is 0 Å². The molecule has 4 fully saturated rings. The van der Waals surface area contributed by atoms with E-state index in [-0.39, 0.29) is 17.8 Å². The summed E-state index contributed by atoms with van der Waals surface area (Å²) < 4.78 is 28.9. The molecule has 0 aromatic carbocycles. The van der Waals surface area contributed by atoms with Crippen molar-refractivity contribution in [3.8, 4) is 0 Å². The van der Waals surface area contributed by atoms with Crippen LogP contribution in [0.25, 0.3) is 0 Å². The van der Waals surface area contributed by atoms with Crippen LogP contribution in [0.5, 0.6) is 0 Å². The van der Waals surface area contributed by atoms with E-state index in [1.165, 1.54) is 6.92 Å². The maximum Gasteiger partial charge on any atom is 0.335 e. The molecule has 0 aromatic rings. The molecule has 0 bridgehead atoms. The summed E-state index contributed by atoms with van der Waals surface area (Å²) in [4.78, 5) is 23.3. The Balaban J connectivity index is 1.59. The predicted octanol–water partition coefficient (Wildman–Crippen LogP) is -0.402. The van der Waals surface area contributed by atoms with Gasteiger partial charge in [-0.3, -0.25) is 4.79 Å². The summed E-state index contributed by atoms with van der Waals surface area (Å²) in [6.07, 6.45) is -8.20. The molecule has 11 heteroatoms. The Hall–Kier alpha value is -1.34. The highest BCUT2D eigenvalue weighted by atomic mass is 16.8. The summed E-state index contributed by atoms with van der Waals surface area (Å²) in [6, 6.07) is 0. The third-order valence-electron chi connectivity index (χ3n) is 7.60. The van der Waals surface area contributed by atoms with Crippen LogP contribution in [-0.2, 0) is 33.3 Å². The van der Waals surface area contributed by atoms with E-state index in [1.807, 2.05) is 6.92 Å². The number of aliphatic hydroxyl groups is 3. The van der Waals surface area contributed by atoms with Gasteiger partial charge in [0.05, 0.1) is 0 Å². The van der Waals surface area contributed by atoms with Crippen molar-refractivity contribution in [3.05, 3.63) is 0 Å². The average Bonchev–Trinajstić information content (AvgIpc) is 3.18. The van der Waals surface area contributed by atoms with Crippen molar-refractivity contribution in [2.75, 3.05) is 6.61 Å². The number of esters is 1. The van der Waals surface area contributed by atoms with E-state index < -0.39 is 60.8 Å². The van der Waals surface area contributed by atoms with Crippen LogP contribution in [0.1, 0.15) is 40.0 Å². The van der Waals surface area contributed by atoms with Crippen LogP contribution >= 0.6 is 0 Å². The zero-order valence-electron chi connectivity index (χ0n) is 18.3. The second-order valence-corrected chi connectivity index (χ2v) is 9.43. The third kappa shape index (κ3) is 3.73. The van der Waals surface area contributed by atoms with Gasteiger partial charge < -0.3 is 44.1 Å². The van der Waals surface area contributed by atoms with Crippen molar-refractivity contribution in [1.82, 2.24) is 0 Å². The van der Waals surface area contributed by atoms with Crippen molar-refractivity contribution in [2.45, 2.75) is 88.9 Å². The summed E-state index contributed by atoms with van der Waals surface area (Å²) in [5.41, 5.74) is -0.812. The minimum absolute atomic E-state index is 0.0826. The lowest BCUT2D eigenvalue weighted by Gasteiger charge is -2.57. The molecule has 1 aliphatic carbocycles. The summed E-state index contributed by atoms with van der Waals surface area (Å²) >= 11 is 0. The number of aliphatic carboxylic acids is 1. The number of carbonyl (C=O) groups is 2. The largest absolute Gasteiger partial charge is 0.479 e. The number of ether oxygens (including phenoxy) is 5. The molecule has 4 aliphatic rings. The van der Waals surface area contributed by atoms with Gasteiger partial charge in [0.15, 0.2) is 18.7 Å². The first-order valence-corrected chi connectivity index (χ1v) is 11.1. The highest BCUT2D eigenvalue weighted by Crippen LogP contribution is 2.57. The minimum atomic E-state index is -1.82. The first kappa shape index (κ1) is 23.8. The van der Waals surface area contributed by atoms with Crippen LogP contribution < -0.4 is 0 Å². The van der Waals surface area contributed by atoms with Crippen LogP contribution in [0.15, 0.2) is 0 Å². The zero-order chi connectivity index (χ0) is 23.4. The number of aliphatic hydroxyl groups excluding tert-OH is 3. The monoisotopic (exact) mass is 460 g/mol. The Morgan fingerprint density at radius 1 is 0.938 bits per heavy atom. The zero-order valence-corrected chi connectivity index (χ0v) is 18.3. The molecule has 32 heavy (non-hydrogen) atoms. The summed E-state index contributed by atoms with van der Waals surface area (Å²) in [7, 11) is 0. The number of carboxylic acids is 1. The molecular weight excluding hydrogens is 428 g/mol. The van der Waals surface area contributed by atoms with Gasteiger partial charge >= 0.3 is 11.9 Å². The molecule has 4 rings (SSSR count). The first-order chi connectivity index (χ1) is 15.1. The van der Waals surface area contributed by atoms with Crippen molar-refractivity contribution in [3.63, 3.8) is 0 Å². The van der Waals surface area contributed by atoms with E-state index in [9.17, 15) is 30.0 Å². The molecule has 1 spiro atoms. The van der Waals surface area contributed by atoms with Gasteiger partial charge in [0.1, 0.15) is 23.9 Å². The molecule has 12 atom stereocenters. The number of hydrogen-bond donors (Lipinski definition) is 4. The van der Waals surface area contributed by atoms with Crippen LogP contribution in [0.2, 0.25) is 0 Å². The van der Waals surface area contributed by atoms with Gasteiger partial charge in [-0.25, -0.2) is 4.79 Å². The SMILES string of the molecule is CC(=O)OC1OC(O[C@@H]2O[C@H](C(=O)O)[C@@H](O)[C@H](O)[C@H]2O)[C@H](C)[C@@H]2CC[C@@H](C)[C@@H]3CCOC132. The molecule has 0 radical (unpaired) electrons. The Kier molecular flexibility index (Phi) is 6.54. The molecule has 11 nitrogen and oxygen atoms in total. The lowest BCUT2D eigenvalue weighted by atomic mass is 9.59. The highest BCUT2D eigenvalue weighted by molar-refractivity contribution is 5.73. The topological polar surface area (TPSA) is 161 Å². The highest BCUT2D eigenvalue weighted by Gasteiger charge is 2.66. The fourth-order valence-corrected chi connectivity index (χ4v) is 6.03. The second kappa shape index (κ2) is 8.79. The van der Waals surface area contributed by atoms with E-state index in [1.54, 1.807) is 0 Å². The summed E-state index contributed by atoms with van der Waals surface area (Å²) in [5, 5.41) is 39.6. The Morgan fingerprint density at radius 2 is 1.66 bits per heavy atom. The maximum atomic E-state index is 11.9. The van der Waals surface area contributed by atoms with Gasteiger partial charge in [0.25, 0.3) is 0 Å². The lowest BCUT2D eigenvalue weighted by molar-refractivity contribution is -0.404. The Morgan fingerprint density at radius 3 is 2.31 bits per heavy atom. The van der Waals surface area contributed by atoms with Crippen molar-refractivity contribution in [2.24, 2.45) is 23.7 Å². The maximum absolute atomic E-state index is 11.9. The molecule has 3 heterocycles. The number of hydrogen-bond acceptors (Lipinski definition) is 10.